The van der Waals surface area contributed by atoms with E-state index in [2.05, 4.69) is 21.2 Å². The summed E-state index contributed by atoms with van der Waals surface area (Å²) in [5, 5.41) is 3.97. The van der Waals surface area contributed by atoms with Crippen LogP contribution in [0.1, 0.15) is 5.56 Å². The van der Waals surface area contributed by atoms with Gasteiger partial charge in [-0.25, -0.2) is 0 Å². The molecule has 0 bridgehead atoms. The number of benzene rings is 2. The fraction of sp³-hybridized carbons (Fsp3) is 0.133. The minimum atomic E-state index is -0.506. The maximum Gasteiger partial charge on any atom is 0.255 e. The summed E-state index contributed by atoms with van der Waals surface area (Å²) in [4.78, 5) is 10.7. The number of carbonyl (C=O) groups excluding carboxylic acids is 1. The fourth-order valence-corrected chi connectivity index (χ4v) is 2.45. The fourth-order valence-electron chi connectivity index (χ4n) is 1.72. The largest absolute Gasteiger partial charge is 0.483 e. The minimum absolute atomic E-state index is 0.140. The van der Waals surface area contributed by atoms with Crippen LogP contribution in [0.3, 0.4) is 0 Å². The molecule has 0 aliphatic rings. The number of ether oxygens (including phenoxy) is 1. The molecule has 0 saturated heterocycles. The molecule has 0 aliphatic carbocycles. The molecule has 2 rings (SSSR count). The van der Waals surface area contributed by atoms with E-state index in [0.29, 0.717) is 17.3 Å². The van der Waals surface area contributed by atoms with Crippen molar-refractivity contribution in [2.75, 3.05) is 11.9 Å². The highest BCUT2D eigenvalue weighted by atomic mass is 79.9. The number of hydrogen-bond acceptors (Lipinski definition) is 3. The topological polar surface area (TPSA) is 64.4 Å². The summed E-state index contributed by atoms with van der Waals surface area (Å²) in [6.07, 6.45) is 0. The van der Waals surface area contributed by atoms with E-state index in [1.54, 1.807) is 6.07 Å². The molecule has 3 N–H and O–H groups in total. The lowest BCUT2D eigenvalue weighted by Crippen LogP contribution is -2.20. The molecule has 4 nitrogen and oxygen atoms in total. The van der Waals surface area contributed by atoms with Gasteiger partial charge >= 0.3 is 0 Å². The molecule has 0 aliphatic heterocycles. The van der Waals surface area contributed by atoms with Crippen molar-refractivity contribution >= 4 is 39.1 Å². The molecule has 0 heterocycles. The molecule has 2 aromatic carbocycles. The van der Waals surface area contributed by atoms with Crippen LogP contribution < -0.4 is 15.8 Å². The number of anilines is 1. The predicted molar refractivity (Wildman–Crippen MR) is 87.6 cm³/mol. The Hall–Kier alpha value is -1.72. The first-order chi connectivity index (χ1) is 10.0. The van der Waals surface area contributed by atoms with Crippen LogP contribution in [-0.4, -0.2) is 12.5 Å². The van der Waals surface area contributed by atoms with E-state index in [-0.39, 0.29) is 6.61 Å². The van der Waals surface area contributed by atoms with Gasteiger partial charge in [0.15, 0.2) is 6.61 Å². The van der Waals surface area contributed by atoms with Crippen LogP contribution in [0.4, 0.5) is 5.69 Å². The molecule has 1 amide bonds. The summed E-state index contributed by atoms with van der Waals surface area (Å²) in [5.74, 6) is 0.0777. The number of hydrogen-bond donors (Lipinski definition) is 2. The molecule has 0 atom stereocenters. The third kappa shape index (κ3) is 4.95. The second-order valence-electron chi connectivity index (χ2n) is 4.38. The normalized spacial score (nSPS) is 10.2. The van der Waals surface area contributed by atoms with Crippen molar-refractivity contribution < 1.29 is 9.53 Å². The average molecular weight is 370 g/mol. The van der Waals surface area contributed by atoms with Gasteiger partial charge in [0.2, 0.25) is 0 Å². The summed E-state index contributed by atoms with van der Waals surface area (Å²) < 4.78 is 6.04. The van der Waals surface area contributed by atoms with Crippen molar-refractivity contribution in [1.29, 1.82) is 0 Å². The SMILES string of the molecule is NC(=O)COc1ccc(CNc2cccc(Cl)c2)cc1Br. The standard InChI is InChI=1S/C15H14BrClN2O2/c16-13-6-10(4-5-14(13)21-9-15(18)20)8-19-12-3-1-2-11(17)7-12/h1-7,19H,8-9H2,(H2,18,20). The van der Waals surface area contributed by atoms with E-state index in [1.165, 1.54) is 0 Å². The highest BCUT2D eigenvalue weighted by Crippen LogP contribution is 2.26. The maximum atomic E-state index is 10.7. The summed E-state index contributed by atoms with van der Waals surface area (Å²) >= 11 is 9.34. The van der Waals surface area contributed by atoms with Crippen LogP contribution in [0.5, 0.6) is 5.75 Å². The first-order valence-electron chi connectivity index (χ1n) is 6.23. The van der Waals surface area contributed by atoms with E-state index < -0.39 is 5.91 Å². The van der Waals surface area contributed by atoms with Crippen molar-refractivity contribution in [3.8, 4) is 5.75 Å². The average Bonchev–Trinajstić information content (AvgIpc) is 2.44. The Balaban J connectivity index is 1.98. The smallest absolute Gasteiger partial charge is 0.255 e. The molecule has 110 valence electrons. The van der Waals surface area contributed by atoms with Crippen molar-refractivity contribution in [2.24, 2.45) is 5.73 Å². The van der Waals surface area contributed by atoms with Crippen LogP contribution in [-0.2, 0) is 11.3 Å². The molecule has 6 heteroatoms. The van der Waals surface area contributed by atoms with E-state index in [1.807, 2.05) is 36.4 Å². The van der Waals surface area contributed by atoms with Gasteiger partial charge in [0, 0.05) is 17.3 Å². The van der Waals surface area contributed by atoms with E-state index >= 15 is 0 Å². The molecule has 2 aromatic rings. The highest BCUT2D eigenvalue weighted by molar-refractivity contribution is 9.10. The number of nitrogens with two attached hydrogens (primary N) is 1. The number of amides is 1. The number of carbonyl (C=O) groups is 1. The van der Waals surface area contributed by atoms with Crippen LogP contribution in [0, 0.1) is 0 Å². The van der Waals surface area contributed by atoms with E-state index in [4.69, 9.17) is 22.1 Å². The summed E-state index contributed by atoms with van der Waals surface area (Å²) in [6, 6.07) is 13.2. The second kappa shape index (κ2) is 7.33. The Kier molecular flexibility index (Phi) is 5.47. The van der Waals surface area contributed by atoms with Gasteiger partial charge in [-0.3, -0.25) is 4.79 Å². The van der Waals surface area contributed by atoms with Gasteiger partial charge in [0.05, 0.1) is 4.47 Å². The zero-order chi connectivity index (χ0) is 15.2. The zero-order valence-electron chi connectivity index (χ0n) is 11.1. The predicted octanol–water partition coefficient (Wildman–Crippen LogP) is 3.58. The summed E-state index contributed by atoms with van der Waals surface area (Å²) in [6.45, 7) is 0.508. The molecule has 0 spiro atoms. The molecule has 0 radical (unpaired) electrons. The maximum absolute atomic E-state index is 10.7. The quantitative estimate of drug-likeness (QED) is 0.818. The lowest BCUT2D eigenvalue weighted by molar-refractivity contribution is -0.119. The number of primary amides is 1. The molecule has 0 unspecified atom stereocenters. The van der Waals surface area contributed by atoms with Gasteiger partial charge in [-0.2, -0.15) is 0 Å². The van der Waals surface area contributed by atoms with Crippen LogP contribution >= 0.6 is 27.5 Å². The highest BCUT2D eigenvalue weighted by Gasteiger charge is 2.04. The van der Waals surface area contributed by atoms with Crippen LogP contribution in [0.25, 0.3) is 0 Å². The number of halogens is 2. The van der Waals surface area contributed by atoms with Gasteiger partial charge < -0.3 is 15.8 Å². The lowest BCUT2D eigenvalue weighted by atomic mass is 10.2. The van der Waals surface area contributed by atoms with Gasteiger partial charge in [0.25, 0.3) is 5.91 Å². The molecule has 0 aromatic heterocycles. The molecule has 0 fully saturated rings. The summed E-state index contributed by atoms with van der Waals surface area (Å²) in [5.41, 5.74) is 7.06. The van der Waals surface area contributed by atoms with E-state index in [0.717, 1.165) is 15.7 Å². The summed E-state index contributed by atoms with van der Waals surface area (Å²) in [7, 11) is 0. The lowest BCUT2D eigenvalue weighted by Gasteiger charge is -2.10. The van der Waals surface area contributed by atoms with Gasteiger partial charge in [-0.15, -0.1) is 0 Å². The minimum Gasteiger partial charge on any atom is -0.483 e. The number of nitrogens with one attached hydrogen (secondary N) is 1. The monoisotopic (exact) mass is 368 g/mol. The second-order valence-corrected chi connectivity index (χ2v) is 5.67. The van der Waals surface area contributed by atoms with Crippen molar-refractivity contribution in [3.05, 3.63) is 57.5 Å². The third-order valence-electron chi connectivity index (χ3n) is 2.69. The Morgan fingerprint density at radius 3 is 2.76 bits per heavy atom. The number of rotatable bonds is 6. The van der Waals surface area contributed by atoms with E-state index in [9.17, 15) is 4.79 Å². The first kappa shape index (κ1) is 15.7. The molecular formula is C15H14BrClN2O2. The van der Waals surface area contributed by atoms with Crippen LogP contribution in [0.15, 0.2) is 46.9 Å². The first-order valence-corrected chi connectivity index (χ1v) is 7.40. The Morgan fingerprint density at radius 2 is 2.10 bits per heavy atom. The van der Waals surface area contributed by atoms with Gasteiger partial charge in [-0.1, -0.05) is 23.7 Å². The molecule has 0 saturated carbocycles. The van der Waals surface area contributed by atoms with Crippen molar-refractivity contribution in [1.82, 2.24) is 0 Å². The third-order valence-corrected chi connectivity index (χ3v) is 3.54. The molecular weight excluding hydrogens is 356 g/mol. The van der Waals surface area contributed by atoms with Gasteiger partial charge in [-0.05, 0) is 51.8 Å². The van der Waals surface area contributed by atoms with Gasteiger partial charge in [0.1, 0.15) is 5.75 Å². The molecule has 21 heavy (non-hydrogen) atoms. The van der Waals surface area contributed by atoms with Crippen molar-refractivity contribution in [2.45, 2.75) is 6.54 Å². The Morgan fingerprint density at radius 1 is 1.29 bits per heavy atom. The van der Waals surface area contributed by atoms with Crippen LogP contribution in [0.2, 0.25) is 5.02 Å². The zero-order valence-corrected chi connectivity index (χ0v) is 13.4. The Labute approximate surface area is 136 Å². The van der Waals surface area contributed by atoms with Crippen molar-refractivity contribution in [3.63, 3.8) is 0 Å². The Bertz CT molecular complexity index is 649.